The molecular weight excluding hydrogens is 249 g/mol. The Labute approximate surface area is 98.5 Å². The maximum atomic E-state index is 12.8. The predicted molar refractivity (Wildman–Crippen MR) is 58.1 cm³/mol. The van der Waals surface area contributed by atoms with Crippen LogP contribution < -0.4 is 0 Å². The molecule has 0 bridgehead atoms. The number of nitrogens with zero attached hydrogens (tertiary/aromatic N) is 3. The van der Waals surface area contributed by atoms with E-state index in [0.29, 0.717) is 5.69 Å². The minimum atomic E-state index is -4.26. The monoisotopic (exact) mass is 260 g/mol. The van der Waals surface area contributed by atoms with E-state index in [1.807, 2.05) is 0 Å². The van der Waals surface area contributed by atoms with E-state index in [9.17, 15) is 17.4 Å². The first kappa shape index (κ1) is 13.5. The Kier molecular flexibility index (Phi) is 4.53. The molecule has 0 aromatic heterocycles. The lowest BCUT2D eigenvalue weighted by atomic mass is 10.3. The molecule has 0 aliphatic heterocycles. The molecule has 0 saturated heterocycles. The second-order valence-electron chi connectivity index (χ2n) is 3.31. The zero-order chi connectivity index (χ0) is 12.9. The first-order valence-corrected chi connectivity index (χ1v) is 6.26. The van der Waals surface area contributed by atoms with E-state index in [0.717, 1.165) is 0 Å². The predicted octanol–water partition coefficient (Wildman–Crippen LogP) is 1.30. The minimum absolute atomic E-state index is 0.0648. The highest BCUT2D eigenvalue weighted by Gasteiger charge is 1.99. The Balaban J connectivity index is 2.54. The van der Waals surface area contributed by atoms with E-state index in [1.54, 1.807) is 6.07 Å². The van der Waals surface area contributed by atoms with Gasteiger partial charge in [0.05, 0.1) is 28.1 Å². The summed E-state index contributed by atoms with van der Waals surface area (Å²) in [4.78, 5) is 0. The molecule has 0 saturated carbocycles. The molecule has 17 heavy (non-hydrogen) atoms. The molecule has 0 fully saturated rings. The summed E-state index contributed by atoms with van der Waals surface area (Å²) < 4.78 is 43.8. The first-order valence-electron chi connectivity index (χ1n) is 4.69. The van der Waals surface area contributed by atoms with Gasteiger partial charge in [-0.2, -0.15) is 0 Å². The maximum Gasteiger partial charge on any atom is 0.125 e. The summed E-state index contributed by atoms with van der Waals surface area (Å²) in [5, 5.41) is 8.50. The third-order valence-corrected chi connectivity index (χ3v) is 2.47. The summed E-state index contributed by atoms with van der Waals surface area (Å²) in [6.07, 6.45) is 0. The lowest BCUT2D eigenvalue weighted by Crippen LogP contribution is -2.20. The van der Waals surface area contributed by atoms with Crippen LogP contribution in [0.5, 0.6) is 0 Å². The van der Waals surface area contributed by atoms with Crippen LogP contribution in [0.2, 0.25) is 0 Å². The average molecular weight is 260 g/mol. The molecule has 0 radical (unpaired) electrons. The van der Waals surface area contributed by atoms with E-state index >= 15 is 0 Å². The van der Waals surface area contributed by atoms with Gasteiger partial charge in [0, 0.05) is 13.1 Å². The molecule has 0 N–H and O–H groups in total. The Morgan fingerprint density at radius 3 is 2.76 bits per heavy atom. The molecule has 1 aromatic rings. The number of rotatable bonds is 5. The number of hydrogen-bond acceptors (Lipinski definition) is 5. The van der Waals surface area contributed by atoms with Crippen LogP contribution in [0.4, 0.5) is 10.1 Å². The highest BCUT2D eigenvalue weighted by atomic mass is 32.2. The maximum absolute atomic E-state index is 12.8. The van der Waals surface area contributed by atoms with Crippen LogP contribution in [0.3, 0.4) is 0 Å². The highest BCUT2D eigenvalue weighted by Crippen LogP contribution is 2.13. The second-order valence-corrected chi connectivity index (χ2v) is 4.84. The summed E-state index contributed by atoms with van der Waals surface area (Å²) >= 11 is 0. The van der Waals surface area contributed by atoms with Gasteiger partial charge in [-0.1, -0.05) is 11.3 Å². The van der Waals surface area contributed by atoms with Gasteiger partial charge in [-0.25, -0.2) is 12.8 Å². The van der Waals surface area contributed by atoms with Crippen LogP contribution >= 0.6 is 0 Å². The van der Waals surface area contributed by atoms with Crippen molar-refractivity contribution in [3.05, 3.63) is 30.1 Å². The fraction of sp³-hybridized carbons (Fsp3) is 0.333. The van der Waals surface area contributed by atoms with E-state index in [4.69, 9.17) is 0 Å². The van der Waals surface area contributed by atoms with Crippen molar-refractivity contribution in [3.63, 3.8) is 0 Å². The van der Waals surface area contributed by atoms with Gasteiger partial charge in [0.1, 0.15) is 5.82 Å². The van der Waals surface area contributed by atoms with Gasteiger partial charge < -0.3 is 4.55 Å². The Morgan fingerprint density at radius 2 is 2.18 bits per heavy atom. The van der Waals surface area contributed by atoms with Crippen molar-refractivity contribution < 1.29 is 17.4 Å². The third-order valence-electron chi connectivity index (χ3n) is 1.79. The highest BCUT2D eigenvalue weighted by molar-refractivity contribution is 7.85. The molecule has 0 aliphatic carbocycles. The quantitative estimate of drug-likeness (QED) is 0.453. The van der Waals surface area contributed by atoms with Crippen LogP contribution in [0, 0.1) is 5.82 Å². The van der Waals surface area contributed by atoms with Crippen LogP contribution in [0.15, 0.2) is 34.6 Å². The van der Waals surface area contributed by atoms with Gasteiger partial charge in [0.15, 0.2) is 0 Å². The van der Waals surface area contributed by atoms with Crippen LogP contribution in [-0.2, 0) is 10.1 Å². The summed E-state index contributed by atoms with van der Waals surface area (Å²) in [5.41, 5.74) is 0.307. The van der Waals surface area contributed by atoms with Gasteiger partial charge >= 0.3 is 0 Å². The standard InChI is InChI=1S/C9H12FN3O3S/c1-13(5-6-17(14,15)16)12-11-9-4-2-3-8(10)7-9/h2-4,7H,5-6H2,1H3,(H,14,15,16)/p-1. The molecule has 0 amide bonds. The zero-order valence-electron chi connectivity index (χ0n) is 9.08. The largest absolute Gasteiger partial charge is 0.748 e. The number of halogens is 1. The Bertz CT molecular complexity index is 504. The third kappa shape index (κ3) is 5.93. The lowest BCUT2D eigenvalue weighted by molar-refractivity contribution is 0.345. The van der Waals surface area contributed by atoms with Crippen molar-refractivity contribution in [2.45, 2.75) is 0 Å². The molecule has 0 unspecified atom stereocenters. The summed E-state index contributed by atoms with van der Waals surface area (Å²) in [6.45, 7) is -0.0648. The van der Waals surface area contributed by atoms with Crippen molar-refractivity contribution in [2.75, 3.05) is 19.3 Å². The molecule has 1 aromatic carbocycles. The number of hydrogen-bond donors (Lipinski definition) is 0. The Hall–Kier alpha value is -1.54. The Morgan fingerprint density at radius 1 is 1.47 bits per heavy atom. The topological polar surface area (TPSA) is 85.2 Å². The normalized spacial score (nSPS) is 11.9. The minimum Gasteiger partial charge on any atom is -0.748 e. The molecule has 6 nitrogen and oxygen atoms in total. The van der Waals surface area contributed by atoms with Crippen molar-refractivity contribution in [2.24, 2.45) is 10.3 Å². The molecule has 1 rings (SSSR count). The van der Waals surface area contributed by atoms with E-state index < -0.39 is 21.7 Å². The molecule has 0 aliphatic rings. The molecule has 0 heterocycles. The van der Waals surface area contributed by atoms with Gasteiger partial charge in [0.25, 0.3) is 0 Å². The summed E-state index contributed by atoms with van der Waals surface area (Å²) in [7, 11) is -2.80. The van der Waals surface area contributed by atoms with Gasteiger partial charge in [-0.15, -0.1) is 5.11 Å². The summed E-state index contributed by atoms with van der Waals surface area (Å²) in [6, 6.07) is 5.48. The molecule has 0 spiro atoms. The molecule has 8 heteroatoms. The zero-order valence-corrected chi connectivity index (χ0v) is 9.89. The van der Waals surface area contributed by atoms with E-state index in [2.05, 4.69) is 10.3 Å². The average Bonchev–Trinajstić information content (AvgIpc) is 2.23. The fourth-order valence-electron chi connectivity index (χ4n) is 0.955. The second kappa shape index (κ2) is 5.69. The first-order chi connectivity index (χ1) is 7.87. The van der Waals surface area contributed by atoms with E-state index in [-0.39, 0.29) is 6.54 Å². The van der Waals surface area contributed by atoms with Gasteiger partial charge in [-0.3, -0.25) is 5.01 Å². The molecule has 0 atom stereocenters. The SMILES string of the molecule is CN(CCS(=O)(=O)[O-])N=Nc1cccc(F)c1. The summed E-state index contributed by atoms with van der Waals surface area (Å²) in [5.74, 6) is -0.989. The number of benzene rings is 1. The van der Waals surface area contributed by atoms with E-state index in [1.165, 1.54) is 30.3 Å². The van der Waals surface area contributed by atoms with Crippen LogP contribution in [0.1, 0.15) is 0 Å². The van der Waals surface area contributed by atoms with Crippen LogP contribution in [-0.4, -0.2) is 37.3 Å². The van der Waals surface area contributed by atoms with Crippen molar-refractivity contribution >= 4 is 15.8 Å². The molecule has 94 valence electrons. The van der Waals surface area contributed by atoms with Crippen molar-refractivity contribution in [1.29, 1.82) is 0 Å². The molecular formula is C9H11FN3O3S-. The van der Waals surface area contributed by atoms with Gasteiger partial charge in [-0.05, 0) is 12.1 Å². The van der Waals surface area contributed by atoms with Crippen molar-refractivity contribution in [3.8, 4) is 0 Å². The lowest BCUT2D eigenvalue weighted by Gasteiger charge is -2.12. The van der Waals surface area contributed by atoms with Crippen molar-refractivity contribution in [1.82, 2.24) is 5.01 Å². The fourth-order valence-corrected chi connectivity index (χ4v) is 1.44. The van der Waals surface area contributed by atoms with Gasteiger partial charge in [0.2, 0.25) is 0 Å². The smallest absolute Gasteiger partial charge is 0.125 e. The van der Waals surface area contributed by atoms with Crippen LogP contribution in [0.25, 0.3) is 0 Å².